The number of aromatic nitrogens is 1. The third kappa shape index (κ3) is 5.47. The zero-order valence-corrected chi connectivity index (χ0v) is 15.7. The van der Waals surface area contributed by atoms with Crippen molar-refractivity contribution in [3.63, 3.8) is 0 Å². The molecule has 1 aromatic carbocycles. The molecule has 138 valence electrons. The van der Waals surface area contributed by atoms with Gasteiger partial charge in [0.15, 0.2) is 5.13 Å². The van der Waals surface area contributed by atoms with Crippen molar-refractivity contribution in [3.8, 4) is 0 Å². The Morgan fingerprint density at radius 3 is 2.41 bits per heavy atom. The van der Waals surface area contributed by atoms with Crippen molar-refractivity contribution in [2.24, 2.45) is 0 Å². The van der Waals surface area contributed by atoms with Crippen molar-refractivity contribution in [2.75, 3.05) is 17.2 Å². The topological polar surface area (TPSA) is 100 Å². The second kappa shape index (κ2) is 9.06. The first kappa shape index (κ1) is 18.7. The Balaban J connectivity index is 1.44. The second-order valence-electron chi connectivity index (χ2n) is 5.43. The Morgan fingerprint density at radius 1 is 0.926 bits per heavy atom. The van der Waals surface area contributed by atoms with Crippen LogP contribution in [0.5, 0.6) is 0 Å². The summed E-state index contributed by atoms with van der Waals surface area (Å²) in [5.74, 6) is -0.681. The maximum Gasteiger partial charge on any atom is 0.257 e. The van der Waals surface area contributed by atoms with Crippen molar-refractivity contribution in [2.45, 2.75) is 6.42 Å². The van der Waals surface area contributed by atoms with Crippen molar-refractivity contribution in [1.29, 1.82) is 0 Å². The van der Waals surface area contributed by atoms with E-state index in [1.165, 1.54) is 22.7 Å². The smallest absolute Gasteiger partial charge is 0.257 e. The molecule has 0 saturated heterocycles. The summed E-state index contributed by atoms with van der Waals surface area (Å²) >= 11 is 2.78. The molecule has 3 amide bonds. The fourth-order valence-electron chi connectivity index (χ4n) is 2.17. The van der Waals surface area contributed by atoms with Gasteiger partial charge in [-0.25, -0.2) is 4.98 Å². The third-order valence-electron chi connectivity index (χ3n) is 3.50. The van der Waals surface area contributed by atoms with E-state index in [0.717, 1.165) is 0 Å². The van der Waals surface area contributed by atoms with Gasteiger partial charge in [-0.15, -0.1) is 11.3 Å². The van der Waals surface area contributed by atoms with Crippen molar-refractivity contribution in [1.82, 2.24) is 10.3 Å². The van der Waals surface area contributed by atoms with Crippen LogP contribution in [0, 0.1) is 0 Å². The summed E-state index contributed by atoms with van der Waals surface area (Å²) in [5.41, 5.74) is 1.63. The van der Waals surface area contributed by atoms with Crippen LogP contribution in [0.25, 0.3) is 0 Å². The highest BCUT2D eigenvalue weighted by Gasteiger charge is 2.09. The fourth-order valence-corrected chi connectivity index (χ4v) is 3.33. The number of hydrogen-bond acceptors (Lipinski definition) is 6. The summed E-state index contributed by atoms with van der Waals surface area (Å²) in [5, 5.41) is 14.0. The lowest BCUT2D eigenvalue weighted by Crippen LogP contribution is -2.27. The van der Waals surface area contributed by atoms with Crippen molar-refractivity contribution >= 4 is 51.2 Å². The lowest BCUT2D eigenvalue weighted by atomic mass is 10.2. The first-order valence-electron chi connectivity index (χ1n) is 8.03. The molecule has 0 aliphatic carbocycles. The monoisotopic (exact) mass is 400 g/mol. The number of thiazole rings is 1. The van der Waals surface area contributed by atoms with Gasteiger partial charge in [0.05, 0.1) is 0 Å². The van der Waals surface area contributed by atoms with Crippen LogP contribution in [0.1, 0.15) is 27.1 Å². The molecule has 0 unspecified atom stereocenters. The minimum Gasteiger partial charge on any atom is -0.351 e. The Hall–Kier alpha value is -3.04. The zero-order chi connectivity index (χ0) is 19.1. The van der Waals surface area contributed by atoms with Crippen LogP contribution in [0.3, 0.4) is 0 Å². The van der Waals surface area contributed by atoms with Gasteiger partial charge in [-0.2, -0.15) is 11.3 Å². The normalized spacial score (nSPS) is 10.2. The van der Waals surface area contributed by atoms with E-state index < -0.39 is 0 Å². The minimum absolute atomic E-state index is 0.155. The van der Waals surface area contributed by atoms with E-state index in [-0.39, 0.29) is 30.7 Å². The highest BCUT2D eigenvalue weighted by Crippen LogP contribution is 2.14. The van der Waals surface area contributed by atoms with Gasteiger partial charge in [0.25, 0.3) is 11.8 Å². The molecule has 0 fully saturated rings. The van der Waals surface area contributed by atoms with Gasteiger partial charge in [-0.3, -0.25) is 19.7 Å². The van der Waals surface area contributed by atoms with Crippen LogP contribution in [0.4, 0.5) is 10.8 Å². The molecular weight excluding hydrogens is 384 g/mol. The first-order valence-corrected chi connectivity index (χ1v) is 9.85. The van der Waals surface area contributed by atoms with Crippen LogP contribution < -0.4 is 16.0 Å². The molecule has 0 radical (unpaired) electrons. The number of hydrogen-bond donors (Lipinski definition) is 3. The maximum atomic E-state index is 12.1. The number of amides is 3. The predicted octanol–water partition coefficient (Wildman–Crippen LogP) is 3.22. The van der Waals surface area contributed by atoms with E-state index in [9.17, 15) is 14.4 Å². The summed E-state index contributed by atoms with van der Waals surface area (Å²) in [6.07, 6.45) is 1.77. The van der Waals surface area contributed by atoms with Crippen LogP contribution in [0.2, 0.25) is 0 Å². The van der Waals surface area contributed by atoms with Crippen LogP contribution in [0.15, 0.2) is 52.7 Å². The highest BCUT2D eigenvalue weighted by molar-refractivity contribution is 7.13. The van der Waals surface area contributed by atoms with Gasteiger partial charge >= 0.3 is 0 Å². The summed E-state index contributed by atoms with van der Waals surface area (Å²) in [6, 6.07) is 8.28. The minimum atomic E-state index is -0.265. The predicted molar refractivity (Wildman–Crippen MR) is 106 cm³/mol. The molecule has 0 aliphatic heterocycles. The molecule has 3 N–H and O–H groups in total. The number of rotatable bonds is 7. The summed E-state index contributed by atoms with van der Waals surface area (Å²) < 4.78 is 0. The molecule has 7 nitrogen and oxygen atoms in total. The molecule has 0 bridgehead atoms. The second-order valence-corrected chi connectivity index (χ2v) is 7.11. The Kier molecular flexibility index (Phi) is 6.29. The standard InChI is InChI=1S/C18H16N4O3S2/c23-15(5-7-19-16(24)13-6-9-26-11-13)21-14-3-1-12(2-4-14)17(25)22-18-20-8-10-27-18/h1-4,6,8-11H,5,7H2,(H,19,24)(H,21,23)(H,20,22,25). The van der Waals surface area contributed by atoms with Crippen LogP contribution in [-0.2, 0) is 4.79 Å². The third-order valence-corrected chi connectivity index (χ3v) is 4.88. The van der Waals surface area contributed by atoms with E-state index in [4.69, 9.17) is 0 Å². The average Bonchev–Trinajstić information content (AvgIpc) is 3.36. The number of carbonyl (C=O) groups is 3. The van der Waals surface area contributed by atoms with Crippen molar-refractivity contribution in [3.05, 3.63) is 63.8 Å². The SMILES string of the molecule is O=C(CCNC(=O)c1ccsc1)Nc1ccc(C(=O)Nc2nccs2)cc1. The number of anilines is 2. The first-order chi connectivity index (χ1) is 13.1. The molecule has 9 heteroatoms. The fraction of sp³-hybridized carbons (Fsp3) is 0.111. The molecule has 0 saturated carbocycles. The maximum absolute atomic E-state index is 12.1. The van der Waals surface area contributed by atoms with Gasteiger partial charge in [0.1, 0.15) is 0 Å². The molecule has 0 spiro atoms. The van der Waals surface area contributed by atoms with Gasteiger partial charge in [0.2, 0.25) is 5.91 Å². The quantitative estimate of drug-likeness (QED) is 0.567. The zero-order valence-electron chi connectivity index (χ0n) is 14.1. The van der Waals surface area contributed by atoms with Gasteiger partial charge < -0.3 is 10.6 Å². The average molecular weight is 400 g/mol. The number of nitrogens with zero attached hydrogens (tertiary/aromatic N) is 1. The van der Waals surface area contributed by atoms with E-state index in [0.29, 0.717) is 21.9 Å². The summed E-state index contributed by atoms with van der Waals surface area (Å²) in [4.78, 5) is 39.8. The van der Waals surface area contributed by atoms with E-state index >= 15 is 0 Å². The number of nitrogens with one attached hydrogen (secondary N) is 3. The molecule has 3 aromatic rings. The molecule has 27 heavy (non-hydrogen) atoms. The summed E-state index contributed by atoms with van der Waals surface area (Å²) in [6.45, 7) is 0.245. The molecule has 0 atom stereocenters. The number of carbonyl (C=O) groups excluding carboxylic acids is 3. The largest absolute Gasteiger partial charge is 0.351 e. The lowest BCUT2D eigenvalue weighted by molar-refractivity contribution is -0.116. The summed E-state index contributed by atoms with van der Waals surface area (Å²) in [7, 11) is 0. The van der Waals surface area contributed by atoms with Crippen molar-refractivity contribution < 1.29 is 14.4 Å². The van der Waals surface area contributed by atoms with Gasteiger partial charge in [0, 0.05) is 46.7 Å². The van der Waals surface area contributed by atoms with E-state index in [1.807, 2.05) is 5.38 Å². The van der Waals surface area contributed by atoms with Crippen LogP contribution >= 0.6 is 22.7 Å². The Morgan fingerprint density at radius 2 is 1.74 bits per heavy atom. The highest BCUT2D eigenvalue weighted by atomic mass is 32.1. The molecular formula is C18H16N4O3S2. The van der Waals surface area contributed by atoms with Gasteiger partial charge in [-0.1, -0.05) is 0 Å². The Bertz CT molecular complexity index is 907. The van der Waals surface area contributed by atoms with Crippen LogP contribution in [-0.4, -0.2) is 29.3 Å². The van der Waals surface area contributed by atoms with Gasteiger partial charge in [-0.05, 0) is 35.7 Å². The van der Waals surface area contributed by atoms with E-state index in [2.05, 4.69) is 20.9 Å². The number of benzene rings is 1. The Labute approximate surface area is 163 Å². The lowest BCUT2D eigenvalue weighted by Gasteiger charge is -2.07. The molecule has 3 rings (SSSR count). The van der Waals surface area contributed by atoms with E-state index in [1.54, 1.807) is 47.3 Å². The molecule has 0 aliphatic rings. The molecule has 2 heterocycles. The molecule has 2 aromatic heterocycles. The number of thiophene rings is 1.